The lowest BCUT2D eigenvalue weighted by molar-refractivity contribution is -0.143. The summed E-state index contributed by atoms with van der Waals surface area (Å²) < 4.78 is 18.7. The molecule has 35 heavy (non-hydrogen) atoms. The van der Waals surface area contributed by atoms with Crippen LogP contribution in [-0.2, 0) is 27.8 Å². The zero-order chi connectivity index (χ0) is 25.1. The SMILES string of the molecule is CCC[C@@]12c3c(ccc(OC)c3OC)CC(NC)[C@]1(OCCCc1ccccc1)C=CC(=O)[C@H]2C. The van der Waals surface area contributed by atoms with Gasteiger partial charge in [-0.2, -0.15) is 0 Å². The lowest BCUT2D eigenvalue weighted by atomic mass is 9.49. The van der Waals surface area contributed by atoms with E-state index in [1.807, 2.05) is 19.2 Å². The highest BCUT2D eigenvalue weighted by Crippen LogP contribution is 2.60. The highest BCUT2D eigenvalue weighted by atomic mass is 16.5. The van der Waals surface area contributed by atoms with E-state index in [0.29, 0.717) is 12.4 Å². The molecule has 0 spiro atoms. The third-order valence-corrected chi connectivity index (χ3v) is 8.16. The van der Waals surface area contributed by atoms with Gasteiger partial charge in [-0.15, -0.1) is 0 Å². The predicted molar refractivity (Wildman–Crippen MR) is 139 cm³/mol. The van der Waals surface area contributed by atoms with Crippen LogP contribution < -0.4 is 14.8 Å². The van der Waals surface area contributed by atoms with Crippen molar-refractivity contribution in [3.05, 3.63) is 71.3 Å². The first-order valence-corrected chi connectivity index (χ1v) is 12.8. The number of carbonyl (C=O) groups is 1. The molecular formula is C30H39NO4. The Morgan fingerprint density at radius 3 is 2.51 bits per heavy atom. The minimum absolute atomic E-state index is 0.0168. The lowest BCUT2D eigenvalue weighted by Crippen LogP contribution is -2.70. The number of rotatable bonds is 10. The Labute approximate surface area is 209 Å². The van der Waals surface area contributed by atoms with Crippen molar-refractivity contribution in [3.63, 3.8) is 0 Å². The van der Waals surface area contributed by atoms with Crippen molar-refractivity contribution in [2.45, 2.75) is 63.0 Å². The first-order chi connectivity index (χ1) is 17.0. The van der Waals surface area contributed by atoms with Crippen molar-refractivity contribution < 1.29 is 19.0 Å². The minimum Gasteiger partial charge on any atom is -0.493 e. The monoisotopic (exact) mass is 477 g/mol. The highest BCUT2D eigenvalue weighted by Gasteiger charge is 2.65. The largest absolute Gasteiger partial charge is 0.493 e. The molecule has 5 heteroatoms. The maximum atomic E-state index is 13.3. The summed E-state index contributed by atoms with van der Waals surface area (Å²) in [6, 6.07) is 14.6. The minimum atomic E-state index is -0.686. The molecule has 2 aliphatic rings. The number of ketones is 1. The third-order valence-electron chi connectivity index (χ3n) is 8.16. The Morgan fingerprint density at radius 1 is 1.09 bits per heavy atom. The average molecular weight is 478 g/mol. The fourth-order valence-corrected chi connectivity index (χ4v) is 6.60. The van der Waals surface area contributed by atoms with Gasteiger partial charge in [-0.05, 0) is 62.1 Å². The molecule has 0 aliphatic heterocycles. The van der Waals surface area contributed by atoms with E-state index >= 15 is 0 Å². The molecule has 188 valence electrons. The number of aryl methyl sites for hydroxylation is 1. The van der Waals surface area contributed by atoms with Gasteiger partial charge in [-0.25, -0.2) is 0 Å². The maximum Gasteiger partial charge on any atom is 0.164 e. The van der Waals surface area contributed by atoms with Crippen molar-refractivity contribution >= 4 is 5.78 Å². The zero-order valence-corrected chi connectivity index (χ0v) is 21.7. The topological polar surface area (TPSA) is 56.8 Å². The van der Waals surface area contributed by atoms with E-state index in [4.69, 9.17) is 14.2 Å². The molecule has 0 radical (unpaired) electrons. The Balaban J connectivity index is 1.85. The van der Waals surface area contributed by atoms with Crippen molar-refractivity contribution in [2.75, 3.05) is 27.9 Å². The van der Waals surface area contributed by atoms with Crippen LogP contribution in [0.25, 0.3) is 0 Å². The summed E-state index contributed by atoms with van der Waals surface area (Å²) in [6.07, 6.45) is 8.15. The molecule has 2 aromatic carbocycles. The summed E-state index contributed by atoms with van der Waals surface area (Å²) in [7, 11) is 5.35. The molecule has 2 aliphatic carbocycles. The van der Waals surface area contributed by atoms with Crippen LogP contribution in [-0.4, -0.2) is 45.3 Å². The fourth-order valence-electron chi connectivity index (χ4n) is 6.60. The second-order valence-electron chi connectivity index (χ2n) is 9.79. The molecule has 2 aromatic rings. The Bertz CT molecular complexity index is 1070. The van der Waals surface area contributed by atoms with Crippen LogP contribution in [0.2, 0.25) is 0 Å². The number of methoxy groups -OCH3 is 2. The van der Waals surface area contributed by atoms with Gasteiger partial charge in [0, 0.05) is 29.5 Å². The molecule has 5 nitrogen and oxygen atoms in total. The summed E-state index contributed by atoms with van der Waals surface area (Å²) in [6.45, 7) is 4.84. The van der Waals surface area contributed by atoms with Crippen LogP contribution in [0.3, 0.4) is 0 Å². The number of likely N-dealkylation sites (N-methyl/N-ethyl adjacent to an activating group) is 1. The van der Waals surface area contributed by atoms with Gasteiger partial charge >= 0.3 is 0 Å². The summed E-state index contributed by atoms with van der Waals surface area (Å²) in [5.41, 5.74) is 2.30. The first-order valence-electron chi connectivity index (χ1n) is 12.8. The Morgan fingerprint density at radius 2 is 1.86 bits per heavy atom. The third kappa shape index (κ3) is 4.09. The van der Waals surface area contributed by atoms with E-state index in [2.05, 4.69) is 55.6 Å². The van der Waals surface area contributed by atoms with Gasteiger partial charge in [-0.1, -0.05) is 56.7 Å². The Hall–Kier alpha value is -2.63. The maximum absolute atomic E-state index is 13.3. The molecule has 0 heterocycles. The molecule has 0 saturated carbocycles. The van der Waals surface area contributed by atoms with Crippen LogP contribution in [0.5, 0.6) is 11.5 Å². The summed E-state index contributed by atoms with van der Waals surface area (Å²) >= 11 is 0. The number of hydrogen-bond donors (Lipinski definition) is 1. The number of fused-ring (bicyclic) bond motifs is 3. The van der Waals surface area contributed by atoms with Gasteiger partial charge in [0.1, 0.15) is 5.60 Å². The van der Waals surface area contributed by atoms with Crippen molar-refractivity contribution in [2.24, 2.45) is 5.92 Å². The van der Waals surface area contributed by atoms with Crippen molar-refractivity contribution in [3.8, 4) is 11.5 Å². The van der Waals surface area contributed by atoms with E-state index < -0.39 is 11.0 Å². The van der Waals surface area contributed by atoms with E-state index in [1.165, 1.54) is 11.1 Å². The Kier molecular flexibility index (Phi) is 7.67. The smallest absolute Gasteiger partial charge is 0.164 e. The van der Waals surface area contributed by atoms with E-state index in [-0.39, 0.29) is 17.7 Å². The van der Waals surface area contributed by atoms with Crippen LogP contribution >= 0.6 is 0 Å². The van der Waals surface area contributed by atoms with Crippen LogP contribution in [0.4, 0.5) is 0 Å². The van der Waals surface area contributed by atoms with E-state index in [1.54, 1.807) is 20.3 Å². The zero-order valence-electron chi connectivity index (χ0n) is 21.7. The van der Waals surface area contributed by atoms with E-state index in [9.17, 15) is 4.79 Å². The average Bonchev–Trinajstić information content (AvgIpc) is 2.89. The van der Waals surface area contributed by atoms with Crippen LogP contribution in [0, 0.1) is 5.92 Å². The molecule has 0 bridgehead atoms. The molecule has 0 fully saturated rings. The molecular weight excluding hydrogens is 438 g/mol. The number of carbonyl (C=O) groups excluding carboxylic acids is 1. The summed E-state index contributed by atoms with van der Waals surface area (Å²) in [5.74, 6) is 1.28. The molecule has 1 unspecified atom stereocenters. The predicted octanol–water partition coefficient (Wildman–Crippen LogP) is 5.05. The van der Waals surface area contributed by atoms with Gasteiger partial charge in [-0.3, -0.25) is 4.79 Å². The first kappa shape index (κ1) is 25.5. The van der Waals surface area contributed by atoms with Gasteiger partial charge in [0.2, 0.25) is 0 Å². The standard InChI is InChI=1S/C30H39NO4/c1-6-17-29-21(2)24(32)16-18-30(29,35-19-10-13-22-11-8-7-9-12-22)26(31-3)20-23-14-15-25(33-4)28(34-5)27(23)29/h7-9,11-12,14-16,18,21,26,31H,6,10,13,17,19-20H2,1-5H3/t21-,26?,29-,30-/m1/s1. The number of hydrogen-bond acceptors (Lipinski definition) is 5. The van der Waals surface area contributed by atoms with Crippen LogP contribution in [0.1, 0.15) is 49.8 Å². The van der Waals surface area contributed by atoms with Crippen molar-refractivity contribution in [1.82, 2.24) is 5.32 Å². The number of ether oxygens (including phenoxy) is 3. The van der Waals surface area contributed by atoms with E-state index in [0.717, 1.165) is 43.4 Å². The van der Waals surface area contributed by atoms with Crippen molar-refractivity contribution in [1.29, 1.82) is 0 Å². The van der Waals surface area contributed by atoms with Gasteiger partial charge < -0.3 is 19.5 Å². The molecule has 0 aromatic heterocycles. The number of benzene rings is 2. The molecule has 0 saturated heterocycles. The van der Waals surface area contributed by atoms with Gasteiger partial charge in [0.25, 0.3) is 0 Å². The van der Waals surface area contributed by atoms with Gasteiger partial charge in [0.15, 0.2) is 17.3 Å². The second kappa shape index (κ2) is 10.5. The molecule has 4 atom stereocenters. The summed E-state index contributed by atoms with van der Waals surface area (Å²) in [5, 5.41) is 3.57. The van der Waals surface area contributed by atoms with Crippen LogP contribution in [0.15, 0.2) is 54.6 Å². The normalized spacial score (nSPS) is 27.3. The molecule has 4 rings (SSSR count). The second-order valence-corrected chi connectivity index (χ2v) is 9.79. The molecule has 1 N–H and O–H groups in total. The number of allylic oxidation sites excluding steroid dienone is 1. The quantitative estimate of drug-likeness (QED) is 0.486. The van der Waals surface area contributed by atoms with Gasteiger partial charge in [0.05, 0.1) is 14.2 Å². The fraction of sp³-hybridized carbons (Fsp3) is 0.500. The molecule has 0 amide bonds. The lowest BCUT2D eigenvalue weighted by Gasteiger charge is -2.60. The summed E-state index contributed by atoms with van der Waals surface area (Å²) in [4.78, 5) is 13.3. The highest BCUT2D eigenvalue weighted by molar-refractivity contribution is 5.95. The number of nitrogens with one attached hydrogen (secondary N) is 1.